The van der Waals surface area contributed by atoms with Gasteiger partial charge in [0.2, 0.25) is 0 Å². The van der Waals surface area contributed by atoms with Gasteiger partial charge in [0.1, 0.15) is 12.1 Å². The van der Waals surface area contributed by atoms with Crippen LogP contribution in [0.4, 0.5) is 11.4 Å². The normalized spacial score (nSPS) is 14.6. The van der Waals surface area contributed by atoms with Crippen LogP contribution in [0.5, 0.6) is 0 Å². The summed E-state index contributed by atoms with van der Waals surface area (Å²) in [6, 6.07) is 17.1. The van der Waals surface area contributed by atoms with Crippen molar-refractivity contribution < 1.29 is 14.5 Å². The van der Waals surface area contributed by atoms with E-state index < -0.39 is 11.8 Å². The lowest BCUT2D eigenvalue weighted by Gasteiger charge is -2.25. The molecule has 1 saturated heterocycles. The van der Waals surface area contributed by atoms with E-state index in [0.29, 0.717) is 17.8 Å². The summed E-state index contributed by atoms with van der Waals surface area (Å²) < 4.78 is 0. The van der Waals surface area contributed by atoms with Gasteiger partial charge in [-0.1, -0.05) is 24.3 Å². The summed E-state index contributed by atoms with van der Waals surface area (Å²) in [5.41, 5.74) is 2.92. The van der Waals surface area contributed by atoms with Gasteiger partial charge < -0.3 is 20.4 Å². The predicted octanol–water partition coefficient (Wildman–Crippen LogP) is 1.10. The summed E-state index contributed by atoms with van der Waals surface area (Å²) in [4.78, 5) is 28.2. The summed E-state index contributed by atoms with van der Waals surface area (Å²) in [5.74, 6) is -1.47. The van der Waals surface area contributed by atoms with Crippen LogP contribution in [-0.2, 0) is 9.59 Å². The molecule has 0 saturated carbocycles. The van der Waals surface area contributed by atoms with E-state index in [1.165, 1.54) is 17.7 Å². The highest BCUT2D eigenvalue weighted by Gasteiger charge is 2.28. The van der Waals surface area contributed by atoms with Crippen molar-refractivity contribution in [3.63, 3.8) is 0 Å². The highest BCUT2D eigenvalue weighted by atomic mass is 16.2. The molecule has 156 valence electrons. The van der Waals surface area contributed by atoms with Gasteiger partial charge in [-0.3, -0.25) is 9.59 Å². The van der Waals surface area contributed by atoms with Crippen molar-refractivity contribution in [3.8, 4) is 6.07 Å². The molecule has 1 aliphatic heterocycles. The Labute approximate surface area is 177 Å². The number of para-hydroxylation sites is 1. The highest BCUT2D eigenvalue weighted by Crippen LogP contribution is 2.17. The summed E-state index contributed by atoms with van der Waals surface area (Å²) >= 11 is 0. The maximum atomic E-state index is 12.4. The zero-order valence-electron chi connectivity index (χ0n) is 17.4. The van der Waals surface area contributed by atoms with Crippen molar-refractivity contribution in [1.29, 1.82) is 5.26 Å². The smallest absolute Gasteiger partial charge is 0.313 e. The van der Waals surface area contributed by atoms with Crippen LogP contribution in [-0.4, -0.2) is 45.5 Å². The third kappa shape index (κ3) is 5.16. The standard InChI is InChI=1S/C23H27N5O2/c1-27(2)19-11-9-17(10-12-19)21(28-13-5-6-14-28)16-25-22(29)23(30)26-20-8-4-3-7-18(20)15-24/h3-4,7-12,21H,5-6,13-14,16H2,1-2H3,(H,25,29)(H,26,30)/p+1/t21-/m0/s1. The Kier molecular flexibility index (Phi) is 7.04. The molecule has 3 N–H and O–H groups in total. The molecule has 0 unspecified atom stereocenters. The van der Waals surface area contributed by atoms with Gasteiger partial charge in [0.15, 0.2) is 0 Å². The second kappa shape index (κ2) is 9.90. The minimum Gasteiger partial charge on any atom is -0.378 e. The summed E-state index contributed by atoms with van der Waals surface area (Å²) in [6.07, 6.45) is 2.34. The van der Waals surface area contributed by atoms with E-state index >= 15 is 0 Å². The number of nitrogens with zero attached hydrogens (tertiary/aromatic N) is 2. The number of hydrogen-bond donors (Lipinski definition) is 3. The van der Waals surface area contributed by atoms with Crippen LogP contribution in [0, 0.1) is 11.3 Å². The molecule has 2 amide bonds. The first-order chi connectivity index (χ1) is 14.5. The number of amides is 2. The van der Waals surface area contributed by atoms with Gasteiger partial charge in [0, 0.05) is 38.2 Å². The number of likely N-dealkylation sites (tertiary alicyclic amines) is 1. The van der Waals surface area contributed by atoms with Crippen LogP contribution in [0.1, 0.15) is 30.0 Å². The zero-order chi connectivity index (χ0) is 21.5. The van der Waals surface area contributed by atoms with E-state index in [1.807, 2.05) is 25.1 Å². The van der Waals surface area contributed by atoms with Crippen LogP contribution >= 0.6 is 0 Å². The van der Waals surface area contributed by atoms with Gasteiger partial charge in [0.05, 0.1) is 30.9 Å². The second-order valence-electron chi connectivity index (χ2n) is 7.73. The Bertz CT molecular complexity index is 927. The number of carbonyl (C=O) groups is 2. The Morgan fingerprint density at radius 2 is 1.73 bits per heavy atom. The molecule has 7 heteroatoms. The molecule has 7 nitrogen and oxygen atoms in total. The van der Waals surface area contributed by atoms with Crippen LogP contribution in [0.25, 0.3) is 0 Å². The van der Waals surface area contributed by atoms with Gasteiger partial charge >= 0.3 is 11.8 Å². The van der Waals surface area contributed by atoms with Crippen LogP contribution in [0.15, 0.2) is 48.5 Å². The molecule has 0 radical (unpaired) electrons. The average molecular weight is 407 g/mol. The van der Waals surface area contributed by atoms with Crippen molar-refractivity contribution in [2.45, 2.75) is 18.9 Å². The number of nitriles is 1. The van der Waals surface area contributed by atoms with Gasteiger partial charge in [-0.05, 0) is 24.3 Å². The predicted molar refractivity (Wildman–Crippen MR) is 116 cm³/mol. The highest BCUT2D eigenvalue weighted by molar-refractivity contribution is 6.39. The Hall–Kier alpha value is -3.37. The van der Waals surface area contributed by atoms with Crippen LogP contribution in [0.2, 0.25) is 0 Å². The van der Waals surface area contributed by atoms with E-state index in [9.17, 15) is 9.59 Å². The SMILES string of the molecule is CN(C)c1ccc([C@H](CNC(=O)C(=O)Nc2ccccc2C#N)[NH+]2CCCC2)cc1. The Balaban J connectivity index is 1.66. The number of hydrogen-bond acceptors (Lipinski definition) is 4. The molecule has 0 aliphatic carbocycles. The summed E-state index contributed by atoms with van der Waals surface area (Å²) in [7, 11) is 4.00. The Morgan fingerprint density at radius 1 is 1.07 bits per heavy atom. The maximum Gasteiger partial charge on any atom is 0.313 e. The van der Waals surface area contributed by atoms with E-state index in [2.05, 4.69) is 34.9 Å². The minimum atomic E-state index is -0.768. The molecule has 1 atom stereocenters. The fourth-order valence-electron chi connectivity index (χ4n) is 3.82. The second-order valence-corrected chi connectivity index (χ2v) is 7.73. The fraction of sp³-hybridized carbons (Fsp3) is 0.348. The largest absolute Gasteiger partial charge is 0.378 e. The third-order valence-corrected chi connectivity index (χ3v) is 5.52. The molecule has 2 aromatic carbocycles. The lowest BCUT2D eigenvalue weighted by Crippen LogP contribution is -3.11. The number of anilines is 2. The van der Waals surface area contributed by atoms with E-state index in [4.69, 9.17) is 5.26 Å². The topological polar surface area (TPSA) is 89.7 Å². The van der Waals surface area contributed by atoms with Crippen molar-refractivity contribution >= 4 is 23.2 Å². The first kappa shape index (κ1) is 21.3. The van der Waals surface area contributed by atoms with E-state index in [-0.39, 0.29) is 6.04 Å². The van der Waals surface area contributed by atoms with Gasteiger partial charge in [-0.2, -0.15) is 5.26 Å². The Morgan fingerprint density at radius 3 is 2.37 bits per heavy atom. The molecule has 2 aromatic rings. The van der Waals surface area contributed by atoms with Crippen molar-refractivity contribution in [3.05, 3.63) is 59.7 Å². The fourth-order valence-corrected chi connectivity index (χ4v) is 3.82. The number of rotatable bonds is 6. The van der Waals surface area contributed by atoms with Crippen molar-refractivity contribution in [2.75, 3.05) is 43.9 Å². The lowest BCUT2D eigenvalue weighted by atomic mass is 10.0. The molecular formula is C23H28N5O2+. The molecule has 3 rings (SSSR count). The number of benzene rings is 2. The number of carbonyl (C=O) groups excluding carboxylic acids is 2. The molecule has 0 bridgehead atoms. The molecule has 1 fully saturated rings. The zero-order valence-corrected chi connectivity index (χ0v) is 17.4. The molecule has 0 aromatic heterocycles. The van der Waals surface area contributed by atoms with E-state index in [1.54, 1.807) is 24.3 Å². The molecular weight excluding hydrogens is 378 g/mol. The maximum absolute atomic E-state index is 12.4. The van der Waals surface area contributed by atoms with Crippen molar-refractivity contribution in [1.82, 2.24) is 5.32 Å². The monoisotopic (exact) mass is 406 g/mol. The summed E-state index contributed by atoms with van der Waals surface area (Å²) in [6.45, 7) is 2.48. The van der Waals surface area contributed by atoms with Gasteiger partial charge in [-0.25, -0.2) is 0 Å². The van der Waals surface area contributed by atoms with E-state index in [0.717, 1.165) is 24.3 Å². The quantitative estimate of drug-likeness (QED) is 0.627. The molecule has 30 heavy (non-hydrogen) atoms. The third-order valence-electron chi connectivity index (χ3n) is 5.52. The minimum absolute atomic E-state index is 0.0897. The van der Waals surface area contributed by atoms with Crippen molar-refractivity contribution in [2.24, 2.45) is 0 Å². The molecule has 0 spiro atoms. The summed E-state index contributed by atoms with van der Waals surface area (Å²) in [5, 5.41) is 14.5. The van der Waals surface area contributed by atoms with Gasteiger partial charge in [-0.15, -0.1) is 0 Å². The molecule has 1 heterocycles. The van der Waals surface area contributed by atoms with Crippen LogP contribution < -0.4 is 20.4 Å². The first-order valence-electron chi connectivity index (χ1n) is 10.2. The van der Waals surface area contributed by atoms with Gasteiger partial charge in [0.25, 0.3) is 0 Å². The van der Waals surface area contributed by atoms with Crippen LogP contribution in [0.3, 0.4) is 0 Å². The molecule has 1 aliphatic rings. The number of nitrogens with one attached hydrogen (secondary N) is 3. The lowest BCUT2D eigenvalue weighted by molar-refractivity contribution is -0.918. The number of quaternary nitrogens is 1. The average Bonchev–Trinajstić information content (AvgIpc) is 3.29. The first-order valence-corrected chi connectivity index (χ1v) is 10.2.